The molecule has 3 rings (SSSR count). The number of nitro benzene ring substituents is 1. The lowest BCUT2D eigenvalue weighted by atomic mass is 10.2. The van der Waals surface area contributed by atoms with Crippen molar-refractivity contribution in [2.45, 2.75) is 4.21 Å². The highest BCUT2D eigenvalue weighted by atomic mass is 32.2. The quantitative estimate of drug-likeness (QED) is 0.371. The van der Waals surface area contributed by atoms with Crippen molar-refractivity contribution < 1.29 is 13.3 Å². The number of anilines is 1. The first kappa shape index (κ1) is 17.3. The third-order valence-electron chi connectivity index (χ3n) is 3.37. The summed E-state index contributed by atoms with van der Waals surface area (Å²) in [4.78, 5) is 14.7. The number of nitro groups is 1. The fourth-order valence-corrected chi connectivity index (χ4v) is 4.26. The molecule has 2 aromatic heterocycles. The molecule has 2 heterocycles. The van der Waals surface area contributed by atoms with Gasteiger partial charge in [0.05, 0.1) is 10.4 Å². The van der Waals surface area contributed by atoms with Gasteiger partial charge in [-0.1, -0.05) is 6.07 Å². The molecule has 25 heavy (non-hydrogen) atoms. The first-order valence-corrected chi connectivity index (χ1v) is 9.64. The van der Waals surface area contributed by atoms with Gasteiger partial charge in [-0.3, -0.25) is 10.1 Å². The molecule has 0 saturated heterocycles. The minimum Gasteiger partial charge on any atom is -0.369 e. The number of hydrogen-bond donors (Lipinski definition) is 2. The van der Waals surface area contributed by atoms with Crippen molar-refractivity contribution in [2.24, 2.45) is 0 Å². The molecular weight excluding hydrogens is 364 g/mol. The number of non-ortho nitro benzene ring substituents is 1. The van der Waals surface area contributed by atoms with Crippen LogP contribution in [0.1, 0.15) is 0 Å². The number of aromatic nitrogens is 1. The fourth-order valence-electron chi connectivity index (χ4n) is 2.19. The Labute approximate surface area is 147 Å². The van der Waals surface area contributed by atoms with Gasteiger partial charge in [0.25, 0.3) is 5.69 Å². The molecule has 3 aromatic rings. The van der Waals surface area contributed by atoms with Crippen molar-refractivity contribution in [2.75, 3.05) is 18.4 Å². The monoisotopic (exact) mass is 378 g/mol. The van der Waals surface area contributed by atoms with E-state index in [1.165, 1.54) is 12.1 Å². The number of nitrogens with zero attached hydrogens (tertiary/aromatic N) is 2. The van der Waals surface area contributed by atoms with E-state index < -0.39 is 14.9 Å². The zero-order valence-corrected chi connectivity index (χ0v) is 14.5. The summed E-state index contributed by atoms with van der Waals surface area (Å²) in [6, 6.07) is 11.1. The Morgan fingerprint density at radius 2 is 2.00 bits per heavy atom. The van der Waals surface area contributed by atoms with Gasteiger partial charge in [0.15, 0.2) is 0 Å². The molecule has 0 spiro atoms. The molecule has 8 nitrogen and oxygen atoms in total. The largest absolute Gasteiger partial charge is 0.369 e. The van der Waals surface area contributed by atoms with Gasteiger partial charge in [-0.25, -0.2) is 18.1 Å². The van der Waals surface area contributed by atoms with E-state index in [1.54, 1.807) is 35.7 Å². The van der Waals surface area contributed by atoms with E-state index in [-0.39, 0.29) is 16.4 Å². The Bertz CT molecular complexity index is 1000. The Balaban J connectivity index is 1.60. The number of rotatable bonds is 7. The van der Waals surface area contributed by atoms with Gasteiger partial charge in [0.1, 0.15) is 10.0 Å². The second-order valence-corrected chi connectivity index (χ2v) is 8.03. The van der Waals surface area contributed by atoms with Crippen LogP contribution in [0.3, 0.4) is 0 Å². The molecule has 0 saturated carbocycles. The highest BCUT2D eigenvalue weighted by molar-refractivity contribution is 7.91. The van der Waals surface area contributed by atoms with Gasteiger partial charge in [-0.2, -0.15) is 0 Å². The first-order chi connectivity index (χ1) is 12.0. The van der Waals surface area contributed by atoms with Gasteiger partial charge in [-0.15, -0.1) is 11.3 Å². The summed E-state index contributed by atoms with van der Waals surface area (Å²) in [6.45, 7) is 0.566. The normalized spacial score (nSPS) is 11.5. The second-order valence-electron chi connectivity index (χ2n) is 5.09. The summed E-state index contributed by atoms with van der Waals surface area (Å²) in [7, 11) is -3.47. The Morgan fingerprint density at radius 3 is 2.72 bits per heavy atom. The fraction of sp³-hybridized carbons (Fsp3) is 0.133. The van der Waals surface area contributed by atoms with Crippen LogP contribution in [-0.4, -0.2) is 31.4 Å². The predicted molar refractivity (Wildman–Crippen MR) is 96.4 cm³/mol. The number of fused-ring (bicyclic) bond motifs is 1. The number of nitrogens with one attached hydrogen (secondary N) is 2. The van der Waals surface area contributed by atoms with Crippen molar-refractivity contribution in [1.82, 2.24) is 9.71 Å². The van der Waals surface area contributed by atoms with E-state index in [2.05, 4.69) is 15.0 Å². The zero-order valence-electron chi connectivity index (χ0n) is 12.9. The van der Waals surface area contributed by atoms with Crippen molar-refractivity contribution >= 4 is 43.8 Å². The molecule has 0 atom stereocenters. The highest BCUT2D eigenvalue weighted by Crippen LogP contribution is 2.21. The molecule has 0 aliphatic heterocycles. The van der Waals surface area contributed by atoms with Gasteiger partial charge >= 0.3 is 0 Å². The molecule has 0 amide bonds. The molecule has 0 bridgehead atoms. The standard InChI is InChI=1S/C15H14N4O4S2/c20-19(21)12-4-5-13-11(10-12)3-6-14(18-13)16-7-8-17-25(22,23)15-2-1-9-24-15/h1-6,9-10,17H,7-8H2,(H,16,18). The van der Waals surface area contributed by atoms with E-state index in [1.807, 2.05) is 0 Å². The molecule has 10 heteroatoms. The molecule has 0 radical (unpaired) electrons. The second kappa shape index (κ2) is 7.13. The zero-order chi connectivity index (χ0) is 17.9. The molecule has 0 unspecified atom stereocenters. The first-order valence-electron chi connectivity index (χ1n) is 7.28. The van der Waals surface area contributed by atoms with Crippen molar-refractivity contribution in [3.63, 3.8) is 0 Å². The maximum Gasteiger partial charge on any atom is 0.270 e. The number of pyridine rings is 1. The Morgan fingerprint density at radius 1 is 1.16 bits per heavy atom. The summed E-state index contributed by atoms with van der Waals surface area (Å²) in [5.74, 6) is 0.566. The van der Waals surface area contributed by atoms with Crippen molar-refractivity contribution in [1.29, 1.82) is 0 Å². The average molecular weight is 378 g/mol. The van der Waals surface area contributed by atoms with Crippen LogP contribution in [0, 0.1) is 10.1 Å². The Kier molecular flexibility index (Phi) is 4.93. The van der Waals surface area contributed by atoms with Crippen LogP contribution in [0.4, 0.5) is 11.5 Å². The smallest absolute Gasteiger partial charge is 0.270 e. The highest BCUT2D eigenvalue weighted by Gasteiger charge is 2.13. The van der Waals surface area contributed by atoms with Crippen LogP contribution in [0.15, 0.2) is 52.1 Å². The van der Waals surface area contributed by atoms with Crippen LogP contribution in [0.5, 0.6) is 0 Å². The summed E-state index contributed by atoms with van der Waals surface area (Å²) >= 11 is 1.16. The summed E-state index contributed by atoms with van der Waals surface area (Å²) in [6.07, 6.45) is 0. The topological polar surface area (TPSA) is 114 Å². The van der Waals surface area contributed by atoms with Gasteiger partial charge < -0.3 is 5.32 Å². The molecule has 0 aliphatic rings. The number of hydrogen-bond acceptors (Lipinski definition) is 7. The van der Waals surface area contributed by atoms with E-state index in [4.69, 9.17) is 0 Å². The number of sulfonamides is 1. The SMILES string of the molecule is O=[N+]([O-])c1ccc2nc(NCCNS(=O)(=O)c3cccs3)ccc2c1. The van der Waals surface area contributed by atoms with Crippen LogP contribution in [-0.2, 0) is 10.0 Å². The molecule has 1 aromatic carbocycles. The average Bonchev–Trinajstić information content (AvgIpc) is 3.13. The minimum atomic E-state index is -3.47. The van der Waals surface area contributed by atoms with Crippen LogP contribution < -0.4 is 10.0 Å². The van der Waals surface area contributed by atoms with E-state index in [9.17, 15) is 18.5 Å². The van der Waals surface area contributed by atoms with Crippen LogP contribution >= 0.6 is 11.3 Å². The van der Waals surface area contributed by atoms with Crippen LogP contribution in [0.2, 0.25) is 0 Å². The van der Waals surface area contributed by atoms with Gasteiger partial charge in [-0.05, 0) is 29.6 Å². The van der Waals surface area contributed by atoms with Crippen LogP contribution in [0.25, 0.3) is 10.9 Å². The lowest BCUT2D eigenvalue weighted by Crippen LogP contribution is -2.28. The third-order valence-corrected chi connectivity index (χ3v) is 6.23. The summed E-state index contributed by atoms with van der Waals surface area (Å²) < 4.78 is 26.7. The predicted octanol–water partition coefficient (Wildman–Crippen LogP) is 2.59. The molecule has 130 valence electrons. The lowest BCUT2D eigenvalue weighted by molar-refractivity contribution is -0.384. The maximum atomic E-state index is 12.0. The number of benzene rings is 1. The summed E-state index contributed by atoms with van der Waals surface area (Å²) in [5.41, 5.74) is 0.632. The van der Waals surface area contributed by atoms with E-state index in [0.717, 1.165) is 11.3 Å². The van der Waals surface area contributed by atoms with Gasteiger partial charge in [0.2, 0.25) is 10.0 Å². The molecule has 0 fully saturated rings. The van der Waals surface area contributed by atoms with E-state index in [0.29, 0.717) is 23.3 Å². The lowest BCUT2D eigenvalue weighted by Gasteiger charge is -2.08. The maximum absolute atomic E-state index is 12.0. The summed E-state index contributed by atoms with van der Waals surface area (Å²) in [5, 5.41) is 16.2. The van der Waals surface area contributed by atoms with E-state index >= 15 is 0 Å². The molecular formula is C15H14N4O4S2. The molecule has 0 aliphatic carbocycles. The molecule has 2 N–H and O–H groups in total. The number of thiophene rings is 1. The van der Waals surface area contributed by atoms with Gasteiger partial charge in [0, 0.05) is 30.6 Å². The third kappa shape index (κ3) is 4.10. The Hall–Kier alpha value is -2.56. The van der Waals surface area contributed by atoms with Crippen molar-refractivity contribution in [3.05, 3.63) is 58.0 Å². The minimum absolute atomic E-state index is 0.0120. The van der Waals surface area contributed by atoms with Crippen molar-refractivity contribution in [3.8, 4) is 0 Å².